The van der Waals surface area contributed by atoms with Crippen LogP contribution in [-0.4, -0.2) is 89.2 Å². The van der Waals surface area contributed by atoms with Crippen LogP contribution < -0.4 is 0 Å². The largest absolute Gasteiger partial charge is 0.479 e. The van der Waals surface area contributed by atoms with Crippen molar-refractivity contribution in [2.75, 3.05) is 13.2 Å². The molecule has 12 heteroatoms. The van der Waals surface area contributed by atoms with Crippen LogP contribution in [0.15, 0.2) is 122 Å². The van der Waals surface area contributed by atoms with Gasteiger partial charge in [-0.15, -0.1) is 0 Å². The molecule has 12 nitrogen and oxygen atoms in total. The molecule has 0 bridgehead atoms. The molecule has 0 amide bonds. The summed E-state index contributed by atoms with van der Waals surface area (Å²) in [5.74, 6) is -3.43. The molecule has 71 heavy (non-hydrogen) atoms. The van der Waals surface area contributed by atoms with E-state index in [2.05, 4.69) is 99.8 Å². The highest BCUT2D eigenvalue weighted by atomic mass is 16.7. The predicted molar refractivity (Wildman–Crippen MR) is 284 cm³/mol. The number of carbonyl (C=O) groups is 4. The van der Waals surface area contributed by atoms with Gasteiger partial charge < -0.3 is 39.0 Å². The Morgan fingerprint density at radius 3 is 1.48 bits per heavy atom. The van der Waals surface area contributed by atoms with Crippen molar-refractivity contribution in [3.05, 3.63) is 122 Å². The monoisotopic (exact) mass is 991 g/mol. The Morgan fingerprint density at radius 1 is 0.493 bits per heavy atom. The van der Waals surface area contributed by atoms with Gasteiger partial charge in [0, 0.05) is 12.8 Å². The second-order valence-electron chi connectivity index (χ2n) is 17.4. The number of aliphatic hydroxyl groups excluding tert-OH is 2. The van der Waals surface area contributed by atoms with Gasteiger partial charge in [-0.2, -0.15) is 0 Å². The van der Waals surface area contributed by atoms with Crippen molar-refractivity contribution in [2.45, 2.75) is 212 Å². The zero-order valence-electron chi connectivity index (χ0n) is 43.4. The third-order valence-corrected chi connectivity index (χ3v) is 11.1. The van der Waals surface area contributed by atoms with E-state index in [1.165, 1.54) is 25.7 Å². The number of unbranched alkanes of at least 4 members (excludes halogenated alkanes) is 9. The van der Waals surface area contributed by atoms with Crippen LogP contribution in [0.5, 0.6) is 0 Å². The fourth-order valence-electron chi connectivity index (χ4n) is 7.03. The van der Waals surface area contributed by atoms with Crippen LogP contribution in [0.3, 0.4) is 0 Å². The Labute approximate surface area is 427 Å². The molecule has 0 spiro atoms. The van der Waals surface area contributed by atoms with E-state index in [-0.39, 0.29) is 19.3 Å². The topological polar surface area (TPSA) is 175 Å². The fourth-order valence-corrected chi connectivity index (χ4v) is 7.03. The molecule has 0 aromatic rings. The molecule has 1 rings (SSSR count). The molecule has 1 aliphatic heterocycles. The standard InChI is InChI=1S/C59H90O12/c1-4-7-10-13-16-19-22-25-26-29-30-33-36-39-42-45-51(60)67-48-50(69-52(61)46-43-40-37-34-31-27-23-20-17-14-11-8-5-2)49-68-59-57(55(64)54(63)56(71-59)58(65)66)70-53(62)47-44-41-38-35-32-28-24-21-18-15-12-9-6-3/h7-8,10-11,16-17,19-21,24-27,30-31,33,37,39-40,42,50,54-57,59,63-64H,4-6,9,12-15,18,22-23,28-29,32,34-36,38,41,43-49H2,1-3H3,(H,65,66)/b10-7-,11-8-,19-16-,20-17-,24-21-,26-25-,31-27-,33-30-,40-37-,42-39-. The van der Waals surface area contributed by atoms with E-state index < -0.39 is 73.9 Å². The summed E-state index contributed by atoms with van der Waals surface area (Å²) in [7, 11) is 0. The van der Waals surface area contributed by atoms with Gasteiger partial charge in [0.15, 0.2) is 24.6 Å². The van der Waals surface area contributed by atoms with E-state index in [0.29, 0.717) is 25.7 Å². The molecule has 6 atom stereocenters. The van der Waals surface area contributed by atoms with Crippen LogP contribution in [-0.2, 0) is 42.9 Å². The van der Waals surface area contributed by atoms with E-state index in [1.54, 1.807) is 6.08 Å². The lowest BCUT2D eigenvalue weighted by Crippen LogP contribution is -2.61. The summed E-state index contributed by atoms with van der Waals surface area (Å²) in [4.78, 5) is 50.8. The van der Waals surface area contributed by atoms with Crippen LogP contribution in [0.25, 0.3) is 0 Å². The molecule has 1 saturated heterocycles. The Morgan fingerprint density at radius 2 is 0.958 bits per heavy atom. The number of carboxylic acid groups (broad SMARTS) is 1. The Balaban J connectivity index is 2.84. The molecule has 0 aromatic heterocycles. The number of allylic oxidation sites excluding steroid dienone is 19. The van der Waals surface area contributed by atoms with Crippen LogP contribution in [0.1, 0.15) is 175 Å². The summed E-state index contributed by atoms with van der Waals surface area (Å²) in [5, 5.41) is 31.3. The number of esters is 3. The second kappa shape index (κ2) is 46.2. The number of hydrogen-bond acceptors (Lipinski definition) is 11. The van der Waals surface area contributed by atoms with Gasteiger partial charge in [-0.05, 0) is 96.3 Å². The molecule has 0 aromatic carbocycles. The molecule has 1 heterocycles. The molecule has 1 fully saturated rings. The quantitative estimate of drug-likeness (QED) is 0.0229. The van der Waals surface area contributed by atoms with Crippen LogP contribution in [0, 0.1) is 0 Å². The van der Waals surface area contributed by atoms with Crippen molar-refractivity contribution < 1.29 is 58.2 Å². The van der Waals surface area contributed by atoms with Gasteiger partial charge in [-0.3, -0.25) is 14.4 Å². The lowest BCUT2D eigenvalue weighted by Gasteiger charge is -2.40. The number of rotatable bonds is 42. The third-order valence-electron chi connectivity index (χ3n) is 11.1. The highest BCUT2D eigenvalue weighted by molar-refractivity contribution is 5.74. The molecule has 0 aliphatic carbocycles. The van der Waals surface area contributed by atoms with Crippen LogP contribution >= 0.6 is 0 Å². The molecule has 6 unspecified atom stereocenters. The maximum Gasteiger partial charge on any atom is 0.335 e. The zero-order valence-corrected chi connectivity index (χ0v) is 43.4. The van der Waals surface area contributed by atoms with Gasteiger partial charge in [0.25, 0.3) is 0 Å². The van der Waals surface area contributed by atoms with Crippen molar-refractivity contribution in [3.63, 3.8) is 0 Å². The van der Waals surface area contributed by atoms with Crippen molar-refractivity contribution >= 4 is 23.9 Å². The summed E-state index contributed by atoms with van der Waals surface area (Å²) in [6.45, 7) is 5.54. The van der Waals surface area contributed by atoms with E-state index in [1.807, 2.05) is 36.5 Å². The van der Waals surface area contributed by atoms with Crippen LogP contribution in [0.4, 0.5) is 0 Å². The van der Waals surface area contributed by atoms with E-state index >= 15 is 0 Å². The smallest absolute Gasteiger partial charge is 0.335 e. The maximum atomic E-state index is 13.0. The average Bonchev–Trinajstić information content (AvgIpc) is 3.35. The Hall–Kier alpha value is -4.88. The minimum atomic E-state index is -1.93. The van der Waals surface area contributed by atoms with Gasteiger partial charge in [-0.25, -0.2) is 4.79 Å². The summed E-state index contributed by atoms with van der Waals surface area (Å²) >= 11 is 0. The Bertz CT molecular complexity index is 1700. The summed E-state index contributed by atoms with van der Waals surface area (Å²) in [5.41, 5.74) is 0. The number of carboxylic acids is 1. The first kappa shape index (κ1) is 64.1. The first-order chi connectivity index (χ1) is 34.6. The highest BCUT2D eigenvalue weighted by Crippen LogP contribution is 2.26. The minimum absolute atomic E-state index is 0.0150. The molecule has 0 radical (unpaired) electrons. The van der Waals surface area contributed by atoms with Gasteiger partial charge in [0.1, 0.15) is 18.8 Å². The highest BCUT2D eigenvalue weighted by Gasteiger charge is 2.50. The number of aliphatic carboxylic acids is 1. The van der Waals surface area contributed by atoms with E-state index in [0.717, 1.165) is 83.5 Å². The fraction of sp³-hybridized carbons (Fsp3) is 0.593. The van der Waals surface area contributed by atoms with Gasteiger partial charge in [-0.1, -0.05) is 181 Å². The lowest BCUT2D eigenvalue weighted by molar-refractivity contribution is -0.301. The summed E-state index contributed by atoms with van der Waals surface area (Å²) in [6, 6.07) is 0. The minimum Gasteiger partial charge on any atom is -0.479 e. The molecule has 0 saturated carbocycles. The molecular weight excluding hydrogens is 901 g/mol. The number of ether oxygens (including phenoxy) is 5. The van der Waals surface area contributed by atoms with E-state index in [9.17, 15) is 34.5 Å². The summed E-state index contributed by atoms with van der Waals surface area (Å²) < 4.78 is 28.1. The number of hydrogen-bond donors (Lipinski definition) is 3. The molecule has 1 aliphatic rings. The van der Waals surface area contributed by atoms with Crippen molar-refractivity contribution in [1.82, 2.24) is 0 Å². The molecular formula is C59H90O12. The van der Waals surface area contributed by atoms with Crippen molar-refractivity contribution in [2.24, 2.45) is 0 Å². The zero-order chi connectivity index (χ0) is 51.8. The number of aliphatic hydroxyl groups is 2. The second-order valence-corrected chi connectivity index (χ2v) is 17.4. The Kier molecular flexibility index (Phi) is 41.7. The first-order valence-electron chi connectivity index (χ1n) is 26.5. The third kappa shape index (κ3) is 36.7. The van der Waals surface area contributed by atoms with E-state index in [4.69, 9.17) is 23.7 Å². The lowest BCUT2D eigenvalue weighted by atomic mass is 9.98. The summed E-state index contributed by atoms with van der Waals surface area (Å²) in [6.07, 6.45) is 50.9. The average molecular weight is 991 g/mol. The normalized spacial score (nSPS) is 19.5. The SMILES string of the molecule is CC/C=C\C/C=C\C/C=C\C/C=C\C/C=C\CC(=O)OCC(COC1OC(C(=O)O)C(O)C(O)C1OC(=O)CCCCCCC/C=C\CCCCCC)OC(=O)CC/C=C\C/C=C\C/C=C\C/C=C\CC. The van der Waals surface area contributed by atoms with Crippen molar-refractivity contribution in [1.29, 1.82) is 0 Å². The maximum absolute atomic E-state index is 13.0. The predicted octanol–water partition coefficient (Wildman–Crippen LogP) is 12.9. The van der Waals surface area contributed by atoms with Crippen molar-refractivity contribution in [3.8, 4) is 0 Å². The van der Waals surface area contributed by atoms with Gasteiger partial charge in [0.2, 0.25) is 0 Å². The van der Waals surface area contributed by atoms with Gasteiger partial charge >= 0.3 is 23.9 Å². The van der Waals surface area contributed by atoms with Crippen LogP contribution in [0.2, 0.25) is 0 Å². The number of carbonyl (C=O) groups excluding carboxylic acids is 3. The molecule has 3 N–H and O–H groups in total. The van der Waals surface area contributed by atoms with Gasteiger partial charge in [0.05, 0.1) is 13.0 Å². The molecule has 398 valence electrons. The first-order valence-corrected chi connectivity index (χ1v) is 26.5.